The van der Waals surface area contributed by atoms with Crippen LogP contribution in [0.5, 0.6) is 5.75 Å². The number of hydrogen-bond acceptors (Lipinski definition) is 7. The van der Waals surface area contributed by atoms with Gasteiger partial charge in [0.1, 0.15) is 17.2 Å². The van der Waals surface area contributed by atoms with Gasteiger partial charge < -0.3 is 14.8 Å². The van der Waals surface area contributed by atoms with Crippen molar-refractivity contribution < 1.29 is 41.4 Å². The highest BCUT2D eigenvalue weighted by molar-refractivity contribution is 6.12. The molecule has 230 valence electrons. The molecule has 4 rings (SSSR count). The van der Waals surface area contributed by atoms with Crippen molar-refractivity contribution in [2.24, 2.45) is 0 Å². The maximum atomic E-state index is 14.8. The summed E-state index contributed by atoms with van der Waals surface area (Å²) in [5.41, 5.74) is -0.865. The Bertz CT molecular complexity index is 1670. The van der Waals surface area contributed by atoms with Crippen LogP contribution in [-0.2, 0) is 9.53 Å². The Balaban J connectivity index is 1.68. The van der Waals surface area contributed by atoms with Gasteiger partial charge in [0, 0.05) is 22.8 Å². The first-order valence-corrected chi connectivity index (χ1v) is 13.1. The second kappa shape index (κ2) is 12.9. The molecular weight excluding hydrogens is 586 g/mol. The zero-order valence-electron chi connectivity index (χ0n) is 23.7. The van der Waals surface area contributed by atoms with Crippen molar-refractivity contribution in [1.29, 1.82) is 0 Å². The number of aromatic nitrogens is 3. The molecule has 0 radical (unpaired) electrons. The molecule has 0 aliphatic heterocycles. The number of Topliss-reactive ketones (excluding diaryl/α,β-unsaturated/α-hetero) is 1. The highest BCUT2D eigenvalue weighted by Gasteiger charge is 2.30. The number of carbonyl (C=O) groups is 3. The molecule has 2 amide bonds. The van der Waals surface area contributed by atoms with Crippen LogP contribution in [0.25, 0.3) is 16.8 Å². The van der Waals surface area contributed by atoms with Gasteiger partial charge in [-0.1, -0.05) is 35.5 Å². The van der Waals surface area contributed by atoms with Crippen LogP contribution in [0.2, 0.25) is 0 Å². The molecule has 0 saturated carbocycles. The lowest BCUT2D eigenvalue weighted by molar-refractivity contribution is -0.153. The van der Waals surface area contributed by atoms with Gasteiger partial charge in [0.25, 0.3) is 0 Å². The number of anilines is 2. The Hall–Kier alpha value is -5.27. The van der Waals surface area contributed by atoms with E-state index in [0.717, 1.165) is 18.2 Å². The van der Waals surface area contributed by atoms with Gasteiger partial charge in [-0.05, 0) is 45.0 Å². The number of nitrogens with zero attached hydrogens (tertiary/aromatic N) is 3. The summed E-state index contributed by atoms with van der Waals surface area (Å²) in [5.74, 6) is -2.60. The summed E-state index contributed by atoms with van der Waals surface area (Å²) in [4.78, 5) is 38.7. The van der Waals surface area contributed by atoms with Gasteiger partial charge in [-0.15, -0.1) is 5.10 Å². The van der Waals surface area contributed by atoms with Crippen molar-refractivity contribution >= 4 is 29.2 Å². The number of halogens is 4. The van der Waals surface area contributed by atoms with E-state index in [-0.39, 0.29) is 28.1 Å². The van der Waals surface area contributed by atoms with E-state index in [1.807, 2.05) is 0 Å². The van der Waals surface area contributed by atoms with Crippen LogP contribution in [0.1, 0.15) is 37.6 Å². The molecule has 0 unspecified atom stereocenters. The Kier molecular flexibility index (Phi) is 9.31. The number of ether oxygens (including phenoxy) is 2. The highest BCUT2D eigenvalue weighted by Crippen LogP contribution is 2.40. The number of benzene rings is 3. The van der Waals surface area contributed by atoms with Gasteiger partial charge in [0.2, 0.25) is 5.91 Å². The molecule has 10 nitrogen and oxygen atoms in total. The molecule has 0 fully saturated rings. The third-order valence-electron chi connectivity index (χ3n) is 5.76. The first-order valence-electron chi connectivity index (χ1n) is 13.1. The largest absolute Gasteiger partial charge is 0.483 e. The average Bonchev–Trinajstić information content (AvgIpc) is 3.47. The van der Waals surface area contributed by atoms with Crippen LogP contribution in [-0.4, -0.2) is 51.2 Å². The normalized spacial score (nSPS) is 11.5. The van der Waals surface area contributed by atoms with Gasteiger partial charge in [0.15, 0.2) is 12.4 Å². The molecule has 4 aromatic rings. The molecule has 0 saturated heterocycles. The van der Waals surface area contributed by atoms with Crippen LogP contribution in [0.3, 0.4) is 0 Å². The molecule has 14 heteroatoms. The van der Waals surface area contributed by atoms with E-state index >= 15 is 0 Å². The molecule has 1 heterocycles. The molecule has 0 aliphatic carbocycles. The number of hydrogen-bond donors (Lipinski definition) is 2. The van der Waals surface area contributed by atoms with Gasteiger partial charge in [-0.3, -0.25) is 14.9 Å². The molecule has 0 spiro atoms. The summed E-state index contributed by atoms with van der Waals surface area (Å²) >= 11 is 0. The molecule has 0 atom stereocenters. The summed E-state index contributed by atoms with van der Waals surface area (Å²) in [6, 6.07) is 13.7. The van der Waals surface area contributed by atoms with E-state index in [1.54, 1.807) is 39.1 Å². The van der Waals surface area contributed by atoms with Crippen molar-refractivity contribution in [1.82, 2.24) is 15.0 Å². The highest BCUT2D eigenvalue weighted by atomic mass is 19.4. The second-order valence-electron chi connectivity index (χ2n) is 10.5. The van der Waals surface area contributed by atoms with Crippen molar-refractivity contribution in [3.05, 3.63) is 84.4 Å². The van der Waals surface area contributed by atoms with Crippen LogP contribution >= 0.6 is 0 Å². The van der Waals surface area contributed by atoms with Crippen molar-refractivity contribution in [3.8, 4) is 22.6 Å². The van der Waals surface area contributed by atoms with Crippen molar-refractivity contribution in [3.63, 3.8) is 0 Å². The predicted molar refractivity (Wildman–Crippen MR) is 152 cm³/mol. The lowest BCUT2D eigenvalue weighted by Gasteiger charge is -2.22. The summed E-state index contributed by atoms with van der Waals surface area (Å²) in [6.07, 6.45) is -3.34. The molecular formula is C30H27F4N5O5. The predicted octanol–water partition coefficient (Wildman–Crippen LogP) is 6.57. The Morgan fingerprint density at radius 3 is 2.30 bits per heavy atom. The Labute approximate surface area is 249 Å². The minimum absolute atomic E-state index is 0.134. The van der Waals surface area contributed by atoms with Gasteiger partial charge in [-0.2, -0.15) is 13.2 Å². The minimum Gasteiger partial charge on any atom is -0.483 e. The van der Waals surface area contributed by atoms with E-state index in [4.69, 9.17) is 9.47 Å². The molecule has 3 aromatic carbocycles. The smallest absolute Gasteiger partial charge is 0.422 e. The van der Waals surface area contributed by atoms with E-state index in [1.165, 1.54) is 41.2 Å². The van der Waals surface area contributed by atoms with Crippen LogP contribution < -0.4 is 15.4 Å². The topological polar surface area (TPSA) is 124 Å². The summed E-state index contributed by atoms with van der Waals surface area (Å²) in [5, 5.41) is 12.5. The van der Waals surface area contributed by atoms with Crippen molar-refractivity contribution in [2.75, 3.05) is 17.2 Å². The van der Waals surface area contributed by atoms with Crippen LogP contribution in [0, 0.1) is 5.82 Å². The number of rotatable bonds is 9. The molecule has 44 heavy (non-hydrogen) atoms. The lowest BCUT2D eigenvalue weighted by Crippen LogP contribution is -2.28. The lowest BCUT2D eigenvalue weighted by atomic mass is 10.0. The number of amides is 2. The number of ketones is 1. The van der Waals surface area contributed by atoms with Gasteiger partial charge in [0.05, 0.1) is 35.9 Å². The minimum atomic E-state index is -4.73. The second-order valence-corrected chi connectivity index (χ2v) is 10.5. The van der Waals surface area contributed by atoms with Crippen LogP contribution in [0.15, 0.2) is 73.1 Å². The van der Waals surface area contributed by atoms with E-state index in [9.17, 15) is 31.9 Å². The fraction of sp³-hybridized carbons (Fsp3) is 0.233. The number of carbonyl (C=O) groups excluding carboxylic acids is 3. The molecule has 0 aliphatic rings. The maximum Gasteiger partial charge on any atom is 0.422 e. The molecule has 1 aromatic heterocycles. The SMILES string of the molecule is CC(C)(C)OC(=O)Nc1cc(OCC(F)(F)F)c(-c2ccccc2F)cc1NC(=O)CC(=O)c1cccc(-n2ccnn2)c1. The zero-order chi connectivity index (χ0) is 32.1. The first kappa shape index (κ1) is 31.7. The summed E-state index contributed by atoms with van der Waals surface area (Å²) < 4.78 is 65.7. The quantitative estimate of drug-likeness (QED) is 0.124. The molecule has 0 bridgehead atoms. The van der Waals surface area contributed by atoms with E-state index in [0.29, 0.717) is 5.69 Å². The fourth-order valence-corrected chi connectivity index (χ4v) is 3.98. The van der Waals surface area contributed by atoms with E-state index in [2.05, 4.69) is 20.9 Å². The third-order valence-corrected chi connectivity index (χ3v) is 5.76. The number of alkyl halides is 3. The Morgan fingerprint density at radius 1 is 0.909 bits per heavy atom. The molecule has 2 N–H and O–H groups in total. The Morgan fingerprint density at radius 2 is 1.64 bits per heavy atom. The number of nitrogens with one attached hydrogen (secondary N) is 2. The van der Waals surface area contributed by atoms with Crippen molar-refractivity contribution in [2.45, 2.75) is 39.0 Å². The maximum absolute atomic E-state index is 14.8. The van der Waals surface area contributed by atoms with E-state index < -0.39 is 54.2 Å². The van der Waals surface area contributed by atoms with Gasteiger partial charge >= 0.3 is 12.3 Å². The third kappa shape index (κ3) is 8.63. The van der Waals surface area contributed by atoms with Crippen LogP contribution in [0.4, 0.5) is 33.7 Å². The fourth-order valence-electron chi connectivity index (χ4n) is 3.98. The average molecular weight is 614 g/mol. The standard InChI is InChI=1S/C30H27F4N5O5/c1-29(2,3)44-28(42)37-24-15-26(43-17-30(32,33)34)21(20-9-4-5-10-22(20)31)14-23(24)36-27(41)16-25(40)18-7-6-8-19(13-18)39-12-11-35-38-39/h4-15H,16-17H2,1-3H3,(H,36,41)(H,37,42). The summed E-state index contributed by atoms with van der Waals surface area (Å²) in [7, 11) is 0. The first-order chi connectivity index (χ1) is 20.7. The summed E-state index contributed by atoms with van der Waals surface area (Å²) in [6.45, 7) is 3.07. The monoisotopic (exact) mass is 613 g/mol. The zero-order valence-corrected chi connectivity index (χ0v) is 23.7. The van der Waals surface area contributed by atoms with Gasteiger partial charge in [-0.25, -0.2) is 13.9 Å².